The number of nitrogens with one attached hydrogen (secondary N) is 1. The monoisotopic (exact) mass is 437 g/mol. The minimum atomic E-state index is -0.123. The molecule has 5 rings (SSSR count). The van der Waals surface area contributed by atoms with Crippen molar-refractivity contribution in [1.82, 2.24) is 24.5 Å². The number of carbonyl (C=O) groups excluding carboxylic acids is 1. The molecule has 2 aromatic carbocycles. The third kappa shape index (κ3) is 5.10. The Morgan fingerprint density at radius 3 is 2.48 bits per heavy atom. The number of amides is 1. The molecule has 0 aliphatic rings. The summed E-state index contributed by atoms with van der Waals surface area (Å²) in [7, 11) is 0. The number of nitrogens with zero attached hydrogens (tertiary/aromatic N) is 4. The van der Waals surface area contributed by atoms with Crippen LogP contribution in [-0.2, 0) is 19.7 Å². The molecule has 0 bridgehead atoms. The molecule has 0 spiro atoms. The number of ether oxygens (including phenoxy) is 1. The molecule has 5 aromatic rings. The zero-order valence-electron chi connectivity index (χ0n) is 18.0. The highest BCUT2D eigenvalue weighted by atomic mass is 16.5. The van der Waals surface area contributed by atoms with Crippen molar-refractivity contribution >= 4 is 11.6 Å². The summed E-state index contributed by atoms with van der Waals surface area (Å²) in [5.41, 5.74) is 4.52. The van der Waals surface area contributed by atoms with Gasteiger partial charge in [-0.2, -0.15) is 5.10 Å². The highest BCUT2D eigenvalue weighted by molar-refractivity contribution is 5.94. The van der Waals surface area contributed by atoms with Gasteiger partial charge in [-0.25, -0.2) is 4.98 Å². The molecule has 33 heavy (non-hydrogen) atoms. The number of hydrogen-bond donors (Lipinski definition) is 1. The summed E-state index contributed by atoms with van der Waals surface area (Å²) in [6.45, 7) is 1.56. The molecule has 1 N–H and O–H groups in total. The van der Waals surface area contributed by atoms with Gasteiger partial charge < -0.3 is 14.5 Å². The van der Waals surface area contributed by atoms with E-state index >= 15 is 0 Å². The van der Waals surface area contributed by atoms with Gasteiger partial charge in [0.1, 0.15) is 18.0 Å². The standard InChI is InChI=1S/C26H23N5O2/c32-26(27-16-20-5-7-21(8-6-20)17-31-15-3-13-28-31)22-9-11-24(12-10-22)33-19-23-18-30-14-2-1-4-25(30)29-23/h1-15,18H,16-17,19H2,(H,27,32). The van der Waals surface area contributed by atoms with Gasteiger partial charge in [0.2, 0.25) is 0 Å². The summed E-state index contributed by atoms with van der Waals surface area (Å²) < 4.78 is 9.65. The van der Waals surface area contributed by atoms with Crippen molar-refractivity contribution in [3.8, 4) is 5.75 Å². The average molecular weight is 438 g/mol. The van der Waals surface area contributed by atoms with Gasteiger partial charge in [0.25, 0.3) is 5.91 Å². The molecule has 7 nitrogen and oxygen atoms in total. The highest BCUT2D eigenvalue weighted by Crippen LogP contribution is 2.15. The number of benzene rings is 2. The van der Waals surface area contributed by atoms with Crippen molar-refractivity contribution in [2.24, 2.45) is 0 Å². The number of fused-ring (bicyclic) bond motifs is 1. The summed E-state index contributed by atoms with van der Waals surface area (Å²) in [4.78, 5) is 17.0. The number of rotatable bonds is 8. The molecule has 0 saturated carbocycles. The van der Waals surface area contributed by atoms with Gasteiger partial charge >= 0.3 is 0 Å². The van der Waals surface area contributed by atoms with E-state index in [0.717, 1.165) is 29.0 Å². The largest absolute Gasteiger partial charge is 0.487 e. The van der Waals surface area contributed by atoms with Gasteiger partial charge in [-0.1, -0.05) is 30.3 Å². The van der Waals surface area contributed by atoms with Crippen LogP contribution in [0.1, 0.15) is 27.2 Å². The lowest BCUT2D eigenvalue weighted by Gasteiger charge is -2.08. The smallest absolute Gasteiger partial charge is 0.251 e. The molecule has 3 heterocycles. The van der Waals surface area contributed by atoms with E-state index in [1.807, 2.05) is 64.1 Å². The fourth-order valence-electron chi connectivity index (χ4n) is 3.54. The Balaban J connectivity index is 1.12. The van der Waals surface area contributed by atoms with Crippen molar-refractivity contribution in [3.63, 3.8) is 0 Å². The van der Waals surface area contributed by atoms with E-state index in [1.165, 1.54) is 0 Å². The molecule has 0 atom stereocenters. The minimum absolute atomic E-state index is 0.123. The van der Waals surface area contributed by atoms with E-state index < -0.39 is 0 Å². The Labute approximate surface area is 191 Å². The first-order valence-electron chi connectivity index (χ1n) is 10.7. The number of imidazole rings is 1. The van der Waals surface area contributed by atoms with Crippen molar-refractivity contribution in [1.29, 1.82) is 0 Å². The van der Waals surface area contributed by atoms with Gasteiger partial charge in [0, 0.05) is 36.9 Å². The van der Waals surface area contributed by atoms with Crippen LogP contribution in [0.3, 0.4) is 0 Å². The second kappa shape index (κ2) is 9.40. The van der Waals surface area contributed by atoms with E-state index in [0.29, 0.717) is 24.5 Å². The fraction of sp³-hybridized carbons (Fsp3) is 0.115. The van der Waals surface area contributed by atoms with Crippen LogP contribution in [0.5, 0.6) is 5.75 Å². The van der Waals surface area contributed by atoms with E-state index in [2.05, 4.69) is 27.5 Å². The van der Waals surface area contributed by atoms with Crippen molar-refractivity contribution in [3.05, 3.63) is 120 Å². The van der Waals surface area contributed by atoms with Crippen LogP contribution in [-0.4, -0.2) is 25.1 Å². The third-order valence-corrected chi connectivity index (χ3v) is 5.30. The van der Waals surface area contributed by atoms with Crippen LogP contribution in [0.25, 0.3) is 5.65 Å². The molecular formula is C26H23N5O2. The highest BCUT2D eigenvalue weighted by Gasteiger charge is 2.07. The second-order valence-corrected chi connectivity index (χ2v) is 7.71. The number of carbonyl (C=O) groups is 1. The SMILES string of the molecule is O=C(NCc1ccc(Cn2cccn2)cc1)c1ccc(OCc2cn3ccccc3n2)cc1. The summed E-state index contributed by atoms with van der Waals surface area (Å²) >= 11 is 0. The molecule has 0 unspecified atom stereocenters. The minimum Gasteiger partial charge on any atom is -0.487 e. The van der Waals surface area contributed by atoms with Crippen LogP contribution in [0, 0.1) is 0 Å². The number of aromatic nitrogens is 4. The van der Waals surface area contributed by atoms with Crippen LogP contribution < -0.4 is 10.1 Å². The predicted octanol–water partition coefficient (Wildman–Crippen LogP) is 4.09. The molecule has 7 heteroatoms. The lowest BCUT2D eigenvalue weighted by atomic mass is 10.1. The first-order valence-corrected chi connectivity index (χ1v) is 10.7. The van der Waals surface area contributed by atoms with Crippen LogP contribution >= 0.6 is 0 Å². The van der Waals surface area contributed by atoms with Crippen LogP contribution in [0.2, 0.25) is 0 Å². The Bertz CT molecular complexity index is 1310. The van der Waals surface area contributed by atoms with Crippen molar-refractivity contribution in [2.75, 3.05) is 0 Å². The first-order chi connectivity index (χ1) is 16.2. The lowest BCUT2D eigenvalue weighted by molar-refractivity contribution is 0.0951. The zero-order chi connectivity index (χ0) is 22.5. The predicted molar refractivity (Wildman–Crippen MR) is 125 cm³/mol. The Hall–Kier alpha value is -4.39. The maximum absolute atomic E-state index is 12.5. The molecular weight excluding hydrogens is 414 g/mol. The average Bonchev–Trinajstić information content (AvgIpc) is 3.52. The summed E-state index contributed by atoms with van der Waals surface area (Å²) in [6.07, 6.45) is 7.60. The maximum atomic E-state index is 12.5. The van der Waals surface area contributed by atoms with Gasteiger partial charge in [0.15, 0.2) is 0 Å². The molecule has 0 aliphatic carbocycles. The third-order valence-electron chi connectivity index (χ3n) is 5.30. The first kappa shape index (κ1) is 20.5. The van der Waals surface area contributed by atoms with Crippen LogP contribution in [0.15, 0.2) is 97.6 Å². The van der Waals surface area contributed by atoms with Gasteiger partial charge in [-0.15, -0.1) is 0 Å². The summed E-state index contributed by atoms with van der Waals surface area (Å²) in [6, 6.07) is 23.1. The second-order valence-electron chi connectivity index (χ2n) is 7.71. The fourth-order valence-corrected chi connectivity index (χ4v) is 3.54. The normalized spacial score (nSPS) is 10.9. The van der Waals surface area contributed by atoms with Gasteiger partial charge in [0.05, 0.1) is 12.2 Å². The Morgan fingerprint density at radius 2 is 1.73 bits per heavy atom. The van der Waals surface area contributed by atoms with Crippen LogP contribution in [0.4, 0.5) is 0 Å². The molecule has 164 valence electrons. The Morgan fingerprint density at radius 1 is 0.909 bits per heavy atom. The van der Waals surface area contributed by atoms with Crippen molar-refractivity contribution < 1.29 is 9.53 Å². The number of pyridine rings is 1. The molecule has 3 aromatic heterocycles. The molecule has 0 fully saturated rings. The zero-order valence-corrected chi connectivity index (χ0v) is 18.0. The summed E-state index contributed by atoms with van der Waals surface area (Å²) in [5, 5.41) is 7.18. The van der Waals surface area contributed by atoms with Gasteiger partial charge in [-0.05, 0) is 53.6 Å². The topological polar surface area (TPSA) is 73.5 Å². The van der Waals surface area contributed by atoms with E-state index in [1.54, 1.807) is 30.5 Å². The maximum Gasteiger partial charge on any atom is 0.251 e. The molecule has 0 radical (unpaired) electrons. The lowest BCUT2D eigenvalue weighted by Crippen LogP contribution is -2.22. The van der Waals surface area contributed by atoms with E-state index in [9.17, 15) is 4.79 Å². The Kier molecular flexibility index (Phi) is 5.84. The molecule has 1 amide bonds. The molecule has 0 aliphatic heterocycles. The number of hydrogen-bond acceptors (Lipinski definition) is 4. The van der Waals surface area contributed by atoms with E-state index in [4.69, 9.17) is 4.74 Å². The van der Waals surface area contributed by atoms with Gasteiger partial charge in [-0.3, -0.25) is 9.48 Å². The van der Waals surface area contributed by atoms with E-state index in [-0.39, 0.29) is 5.91 Å². The van der Waals surface area contributed by atoms with Crippen molar-refractivity contribution in [2.45, 2.75) is 19.7 Å². The quantitative estimate of drug-likeness (QED) is 0.397. The molecule has 0 saturated heterocycles. The summed E-state index contributed by atoms with van der Waals surface area (Å²) in [5.74, 6) is 0.568.